The lowest BCUT2D eigenvalue weighted by Gasteiger charge is -2.09. The van der Waals surface area contributed by atoms with Crippen LogP contribution in [0, 0.1) is 5.92 Å². The molecule has 1 saturated heterocycles. The standard InChI is InChI=1S/C18H22N4O/c23-18(20-17-10-16(21-22-17)14-5-6-14)15-3-1-12(2-4-15)9-13-7-8-19-11-13/h1-4,10,13-14,19H,5-9,11H2,(H2,20,21,22,23). The first kappa shape index (κ1) is 14.5. The van der Waals surface area contributed by atoms with Crippen LogP contribution in [0.1, 0.15) is 46.8 Å². The van der Waals surface area contributed by atoms with Crippen molar-refractivity contribution in [2.24, 2.45) is 5.92 Å². The highest BCUT2D eigenvalue weighted by Crippen LogP contribution is 2.39. The molecule has 0 radical (unpaired) electrons. The van der Waals surface area contributed by atoms with Gasteiger partial charge in [-0.15, -0.1) is 0 Å². The monoisotopic (exact) mass is 310 g/mol. The molecule has 2 heterocycles. The molecule has 5 heteroatoms. The third-order valence-electron chi connectivity index (χ3n) is 4.76. The Labute approximate surface area is 135 Å². The van der Waals surface area contributed by atoms with Crippen molar-refractivity contribution in [1.29, 1.82) is 0 Å². The Morgan fingerprint density at radius 3 is 2.74 bits per heavy atom. The quantitative estimate of drug-likeness (QED) is 0.795. The third-order valence-corrected chi connectivity index (χ3v) is 4.76. The Balaban J connectivity index is 1.37. The van der Waals surface area contributed by atoms with E-state index in [0.29, 0.717) is 17.3 Å². The third kappa shape index (κ3) is 3.45. The fourth-order valence-electron chi connectivity index (χ4n) is 3.21. The summed E-state index contributed by atoms with van der Waals surface area (Å²) in [7, 11) is 0. The molecule has 0 spiro atoms. The van der Waals surface area contributed by atoms with Gasteiger partial charge in [-0.1, -0.05) is 12.1 Å². The summed E-state index contributed by atoms with van der Waals surface area (Å²) in [4.78, 5) is 12.3. The molecule has 2 fully saturated rings. The van der Waals surface area contributed by atoms with Crippen LogP contribution >= 0.6 is 0 Å². The van der Waals surface area contributed by atoms with Gasteiger partial charge >= 0.3 is 0 Å². The number of rotatable bonds is 5. The molecule has 1 aromatic carbocycles. The van der Waals surface area contributed by atoms with Gasteiger partial charge in [0.05, 0.1) is 0 Å². The summed E-state index contributed by atoms with van der Waals surface area (Å²) in [6.07, 6.45) is 4.75. The number of carbonyl (C=O) groups is 1. The average molecular weight is 310 g/mol. The van der Waals surface area contributed by atoms with Gasteiger partial charge in [-0.05, 0) is 62.4 Å². The van der Waals surface area contributed by atoms with Gasteiger partial charge in [0.1, 0.15) is 0 Å². The second-order valence-electron chi connectivity index (χ2n) is 6.70. The van der Waals surface area contributed by atoms with Crippen LogP contribution in [0.2, 0.25) is 0 Å². The van der Waals surface area contributed by atoms with Crippen molar-refractivity contribution >= 4 is 11.7 Å². The highest BCUT2D eigenvalue weighted by Gasteiger charge is 2.25. The molecule has 23 heavy (non-hydrogen) atoms. The van der Waals surface area contributed by atoms with Gasteiger partial charge in [-0.3, -0.25) is 9.89 Å². The van der Waals surface area contributed by atoms with E-state index in [1.54, 1.807) is 0 Å². The zero-order valence-corrected chi connectivity index (χ0v) is 13.1. The fourth-order valence-corrected chi connectivity index (χ4v) is 3.21. The maximum absolute atomic E-state index is 12.3. The first-order valence-corrected chi connectivity index (χ1v) is 8.44. The van der Waals surface area contributed by atoms with Crippen molar-refractivity contribution in [1.82, 2.24) is 15.5 Å². The Bertz CT molecular complexity index is 681. The zero-order chi connectivity index (χ0) is 15.6. The van der Waals surface area contributed by atoms with Crippen molar-refractivity contribution < 1.29 is 4.79 Å². The maximum atomic E-state index is 12.3. The summed E-state index contributed by atoms with van der Waals surface area (Å²) >= 11 is 0. The van der Waals surface area contributed by atoms with E-state index >= 15 is 0 Å². The first-order valence-electron chi connectivity index (χ1n) is 8.44. The number of anilines is 1. The topological polar surface area (TPSA) is 69.8 Å². The van der Waals surface area contributed by atoms with Gasteiger partial charge in [0, 0.05) is 23.2 Å². The lowest BCUT2D eigenvalue weighted by atomic mass is 9.98. The second kappa shape index (κ2) is 6.16. The SMILES string of the molecule is O=C(Nc1cc(C2CC2)[nH]n1)c1ccc(CC2CCNC2)cc1. The van der Waals surface area contributed by atoms with Crippen LogP contribution in [0.5, 0.6) is 0 Å². The van der Waals surface area contributed by atoms with Crippen LogP contribution in [0.15, 0.2) is 30.3 Å². The highest BCUT2D eigenvalue weighted by atomic mass is 16.1. The van der Waals surface area contributed by atoms with Gasteiger partial charge in [0.15, 0.2) is 5.82 Å². The summed E-state index contributed by atoms with van der Waals surface area (Å²) in [6.45, 7) is 2.22. The number of benzene rings is 1. The molecular formula is C18H22N4O. The number of aromatic nitrogens is 2. The maximum Gasteiger partial charge on any atom is 0.256 e. The summed E-state index contributed by atoms with van der Waals surface area (Å²) < 4.78 is 0. The molecule has 4 rings (SSSR count). The number of amides is 1. The van der Waals surface area contributed by atoms with Gasteiger partial charge in [0.25, 0.3) is 5.91 Å². The van der Waals surface area contributed by atoms with E-state index in [-0.39, 0.29) is 5.91 Å². The van der Waals surface area contributed by atoms with Crippen LogP contribution in [0.4, 0.5) is 5.82 Å². The van der Waals surface area contributed by atoms with Crippen LogP contribution < -0.4 is 10.6 Å². The second-order valence-corrected chi connectivity index (χ2v) is 6.70. The Morgan fingerprint density at radius 2 is 2.04 bits per heavy atom. The van der Waals surface area contributed by atoms with Crippen molar-refractivity contribution in [3.63, 3.8) is 0 Å². The summed E-state index contributed by atoms with van der Waals surface area (Å²) in [5.74, 6) is 1.84. The fraction of sp³-hybridized carbons (Fsp3) is 0.444. The lowest BCUT2D eigenvalue weighted by Crippen LogP contribution is -2.13. The minimum Gasteiger partial charge on any atom is -0.316 e. The Hall–Kier alpha value is -2.14. The van der Waals surface area contributed by atoms with Crippen molar-refractivity contribution in [3.8, 4) is 0 Å². The lowest BCUT2D eigenvalue weighted by molar-refractivity contribution is 0.102. The van der Waals surface area contributed by atoms with Crippen molar-refractivity contribution in [2.45, 2.75) is 31.6 Å². The van der Waals surface area contributed by atoms with E-state index in [0.717, 1.165) is 31.1 Å². The number of aromatic amines is 1. The van der Waals surface area contributed by atoms with Crippen molar-refractivity contribution in [2.75, 3.05) is 18.4 Å². The van der Waals surface area contributed by atoms with E-state index in [9.17, 15) is 4.79 Å². The number of carbonyl (C=O) groups excluding carboxylic acids is 1. The van der Waals surface area contributed by atoms with Crippen LogP contribution in [-0.2, 0) is 6.42 Å². The highest BCUT2D eigenvalue weighted by molar-refractivity contribution is 6.03. The molecule has 3 N–H and O–H groups in total. The van der Waals surface area contributed by atoms with E-state index in [4.69, 9.17) is 0 Å². The Kier molecular flexibility index (Phi) is 3.87. The molecule has 1 atom stereocenters. The average Bonchev–Trinajstić information content (AvgIpc) is 3.09. The van der Waals surface area contributed by atoms with Gasteiger partial charge in [-0.25, -0.2) is 0 Å². The number of hydrogen-bond acceptors (Lipinski definition) is 3. The van der Waals surface area contributed by atoms with E-state index in [1.807, 2.05) is 18.2 Å². The van der Waals surface area contributed by atoms with E-state index in [1.165, 1.54) is 24.8 Å². The van der Waals surface area contributed by atoms with Crippen LogP contribution in [0.25, 0.3) is 0 Å². The number of nitrogens with zero attached hydrogens (tertiary/aromatic N) is 1. The molecule has 1 unspecified atom stereocenters. The molecule has 1 saturated carbocycles. The van der Waals surface area contributed by atoms with Crippen LogP contribution in [0.3, 0.4) is 0 Å². The molecular weight excluding hydrogens is 288 g/mol. The minimum atomic E-state index is -0.104. The summed E-state index contributed by atoms with van der Waals surface area (Å²) in [5, 5.41) is 13.4. The smallest absolute Gasteiger partial charge is 0.256 e. The normalized spacial score (nSPS) is 20.6. The molecule has 2 aromatic rings. The Morgan fingerprint density at radius 1 is 1.22 bits per heavy atom. The molecule has 1 aliphatic heterocycles. The van der Waals surface area contributed by atoms with Gasteiger partial charge < -0.3 is 10.6 Å². The number of H-pyrrole nitrogens is 1. The first-order chi connectivity index (χ1) is 11.3. The summed E-state index contributed by atoms with van der Waals surface area (Å²) in [5.41, 5.74) is 3.10. The van der Waals surface area contributed by atoms with Crippen LogP contribution in [-0.4, -0.2) is 29.2 Å². The molecule has 2 aliphatic rings. The van der Waals surface area contributed by atoms with Crippen molar-refractivity contribution in [3.05, 3.63) is 47.2 Å². The molecule has 0 bridgehead atoms. The summed E-state index contributed by atoms with van der Waals surface area (Å²) in [6, 6.07) is 9.88. The predicted octanol–water partition coefficient (Wildman–Crippen LogP) is 2.69. The molecule has 120 valence electrons. The van der Waals surface area contributed by atoms with Gasteiger partial charge in [-0.2, -0.15) is 5.10 Å². The molecule has 1 aliphatic carbocycles. The molecule has 1 aromatic heterocycles. The van der Waals surface area contributed by atoms with E-state index < -0.39 is 0 Å². The van der Waals surface area contributed by atoms with Gasteiger partial charge in [0.2, 0.25) is 0 Å². The zero-order valence-electron chi connectivity index (χ0n) is 13.1. The minimum absolute atomic E-state index is 0.104. The largest absolute Gasteiger partial charge is 0.316 e. The number of hydrogen-bond donors (Lipinski definition) is 3. The number of nitrogens with one attached hydrogen (secondary N) is 3. The van der Waals surface area contributed by atoms with E-state index in [2.05, 4.69) is 33.0 Å². The molecule has 1 amide bonds. The predicted molar refractivity (Wildman–Crippen MR) is 89.6 cm³/mol. The molecule has 5 nitrogen and oxygen atoms in total.